The summed E-state index contributed by atoms with van der Waals surface area (Å²) in [4.78, 5) is 21.3. The number of hydrogen-bond donors (Lipinski definition) is 3. The highest BCUT2D eigenvalue weighted by Crippen LogP contribution is 2.37. The summed E-state index contributed by atoms with van der Waals surface area (Å²) in [6, 6.07) is 7.49. The molecule has 8 heteroatoms. The van der Waals surface area contributed by atoms with Gasteiger partial charge in [0.15, 0.2) is 0 Å². The molecule has 1 aliphatic carbocycles. The zero-order valence-corrected chi connectivity index (χ0v) is 19.0. The van der Waals surface area contributed by atoms with E-state index in [-0.39, 0.29) is 30.7 Å². The average molecular weight is 449 g/mol. The Morgan fingerprint density at radius 2 is 2.00 bits per heavy atom. The van der Waals surface area contributed by atoms with Crippen molar-refractivity contribution in [2.75, 3.05) is 11.9 Å². The normalized spacial score (nSPS) is 21.8. The molecule has 1 aromatic carbocycles. The van der Waals surface area contributed by atoms with Crippen molar-refractivity contribution < 1.29 is 19.4 Å². The Morgan fingerprint density at radius 3 is 2.73 bits per heavy atom. The van der Waals surface area contributed by atoms with Crippen LogP contribution in [0.25, 0.3) is 10.8 Å². The lowest BCUT2D eigenvalue weighted by Gasteiger charge is -2.28. The van der Waals surface area contributed by atoms with Gasteiger partial charge in [-0.2, -0.15) is 0 Å². The molecule has 1 aliphatic heterocycles. The Kier molecular flexibility index (Phi) is 5.22. The second-order valence-electron chi connectivity index (χ2n) is 9.31. The zero-order chi connectivity index (χ0) is 23.3. The number of anilines is 2. The van der Waals surface area contributed by atoms with Crippen LogP contribution in [0.3, 0.4) is 0 Å². The molecule has 0 bridgehead atoms. The van der Waals surface area contributed by atoms with Gasteiger partial charge in [0.1, 0.15) is 18.0 Å². The number of rotatable bonds is 6. The minimum Gasteiger partial charge on any atom is -0.474 e. The fourth-order valence-electron chi connectivity index (χ4n) is 4.10. The minimum atomic E-state index is -0.972. The van der Waals surface area contributed by atoms with E-state index in [1.54, 1.807) is 25.4 Å². The molecule has 0 radical (unpaired) electrons. The second kappa shape index (κ2) is 7.97. The van der Waals surface area contributed by atoms with E-state index in [9.17, 15) is 9.90 Å². The first-order valence-electron chi connectivity index (χ1n) is 11.2. The van der Waals surface area contributed by atoms with Gasteiger partial charge in [0.25, 0.3) is 0 Å². The molecule has 8 nitrogen and oxygen atoms in total. The predicted molar refractivity (Wildman–Crippen MR) is 125 cm³/mol. The molecule has 3 heterocycles. The maximum absolute atomic E-state index is 12.2. The average Bonchev–Trinajstić information content (AvgIpc) is 3.61. The lowest BCUT2D eigenvalue weighted by atomic mass is 9.89. The Labute approximate surface area is 192 Å². The maximum atomic E-state index is 12.2. The Morgan fingerprint density at radius 1 is 1.21 bits per heavy atom. The van der Waals surface area contributed by atoms with Gasteiger partial charge in [0.2, 0.25) is 5.88 Å². The number of carbonyl (C=O) groups is 1. The van der Waals surface area contributed by atoms with E-state index in [1.165, 1.54) is 0 Å². The molecule has 0 spiro atoms. The Bertz CT molecular complexity index is 1240. The Balaban J connectivity index is 1.54. The number of nitrogens with zero attached hydrogens (tertiary/aromatic N) is 2. The first-order chi connectivity index (χ1) is 15.8. The van der Waals surface area contributed by atoms with Crippen LogP contribution >= 0.6 is 0 Å². The van der Waals surface area contributed by atoms with Crippen molar-refractivity contribution in [1.29, 1.82) is 0 Å². The van der Waals surface area contributed by atoms with Crippen LogP contribution in [0.1, 0.15) is 61.0 Å². The summed E-state index contributed by atoms with van der Waals surface area (Å²) in [5, 5.41) is 14.8. The van der Waals surface area contributed by atoms with Crippen LogP contribution < -0.4 is 15.8 Å². The predicted octanol–water partition coefficient (Wildman–Crippen LogP) is 3.74. The lowest BCUT2D eigenvalue weighted by Crippen LogP contribution is -2.37. The third-order valence-corrected chi connectivity index (χ3v) is 6.51. The maximum Gasteiger partial charge on any atom is 0.338 e. The highest BCUT2D eigenvalue weighted by Gasteiger charge is 2.31. The number of benzene rings is 1. The monoisotopic (exact) mass is 448 g/mol. The number of hydrogen-bond acceptors (Lipinski definition) is 8. The summed E-state index contributed by atoms with van der Waals surface area (Å²) >= 11 is 0. The van der Waals surface area contributed by atoms with Gasteiger partial charge in [-0.1, -0.05) is 6.92 Å². The van der Waals surface area contributed by atoms with Crippen molar-refractivity contribution >= 4 is 28.2 Å². The molecule has 0 amide bonds. The molecule has 0 saturated heterocycles. The van der Waals surface area contributed by atoms with Crippen LogP contribution in [-0.2, 0) is 10.3 Å². The van der Waals surface area contributed by atoms with Crippen molar-refractivity contribution in [2.24, 2.45) is 5.73 Å². The summed E-state index contributed by atoms with van der Waals surface area (Å²) < 4.78 is 11.4. The van der Waals surface area contributed by atoms with Gasteiger partial charge < -0.3 is 25.6 Å². The van der Waals surface area contributed by atoms with E-state index >= 15 is 0 Å². The van der Waals surface area contributed by atoms with Crippen LogP contribution in [0.15, 0.2) is 36.7 Å². The number of aliphatic hydroxyl groups is 1. The molecule has 4 N–H and O–H groups in total. The smallest absolute Gasteiger partial charge is 0.338 e. The summed E-state index contributed by atoms with van der Waals surface area (Å²) in [6.07, 6.45) is 5.45. The number of nitrogens with two attached hydrogens (primary N) is 1. The van der Waals surface area contributed by atoms with E-state index in [0.717, 1.165) is 34.9 Å². The molecule has 33 heavy (non-hydrogen) atoms. The van der Waals surface area contributed by atoms with Gasteiger partial charge in [-0.15, -0.1) is 0 Å². The van der Waals surface area contributed by atoms with Gasteiger partial charge >= 0.3 is 5.97 Å². The molecule has 1 saturated carbocycles. The molecular formula is C25H28N4O4. The van der Waals surface area contributed by atoms with Gasteiger partial charge in [0, 0.05) is 29.6 Å². The van der Waals surface area contributed by atoms with Crippen LogP contribution in [0.2, 0.25) is 0 Å². The van der Waals surface area contributed by atoms with E-state index < -0.39 is 5.54 Å². The largest absolute Gasteiger partial charge is 0.474 e. The van der Waals surface area contributed by atoms with E-state index in [4.69, 9.17) is 15.2 Å². The molecule has 3 aromatic rings. The fourth-order valence-corrected chi connectivity index (χ4v) is 4.10. The summed E-state index contributed by atoms with van der Waals surface area (Å²) in [5.41, 5.74) is 8.47. The number of esters is 1. The SMILES string of the molecule is C[C@@H]1OC(=O)c2ccc(Nc3cc4c([C@](C)(N)CO)cnc(OC5CC5)c4cn3)cc2[C@H]1C. The molecule has 172 valence electrons. The number of ether oxygens (including phenoxy) is 2. The van der Waals surface area contributed by atoms with Crippen LogP contribution in [0.5, 0.6) is 5.88 Å². The standard InChI is InChI=1S/C25H28N4O4/c1-13-14(2)32-24(31)17-7-4-15(8-18(13)17)29-22-9-19-20(10-27-22)23(33-16-5-6-16)28-11-21(19)25(3,26)12-30/h4,7-11,13-14,16,30H,5-6,12,26H2,1-3H3,(H,27,29)/t13-,14-,25+/m0/s1. The van der Waals surface area contributed by atoms with Crippen LogP contribution in [0.4, 0.5) is 11.5 Å². The third kappa shape index (κ3) is 4.00. The quantitative estimate of drug-likeness (QED) is 0.488. The lowest BCUT2D eigenvalue weighted by molar-refractivity contribution is 0.0241. The number of aromatic nitrogens is 2. The zero-order valence-electron chi connectivity index (χ0n) is 19.0. The number of pyridine rings is 2. The number of aliphatic hydroxyl groups excluding tert-OH is 1. The molecule has 2 aromatic heterocycles. The van der Waals surface area contributed by atoms with Crippen molar-refractivity contribution in [3.63, 3.8) is 0 Å². The third-order valence-electron chi connectivity index (χ3n) is 6.51. The fraction of sp³-hybridized carbons (Fsp3) is 0.400. The molecule has 5 rings (SSSR count). The van der Waals surface area contributed by atoms with Gasteiger partial charge in [-0.05, 0) is 61.9 Å². The van der Waals surface area contributed by atoms with E-state index in [1.807, 2.05) is 32.0 Å². The summed E-state index contributed by atoms with van der Waals surface area (Å²) in [5.74, 6) is 0.933. The molecule has 1 fully saturated rings. The summed E-state index contributed by atoms with van der Waals surface area (Å²) in [6.45, 7) is 5.49. The molecular weight excluding hydrogens is 420 g/mol. The topological polar surface area (TPSA) is 120 Å². The first-order valence-corrected chi connectivity index (χ1v) is 11.2. The number of nitrogens with one attached hydrogen (secondary N) is 1. The van der Waals surface area contributed by atoms with Crippen LogP contribution in [-0.4, -0.2) is 39.9 Å². The number of carbonyl (C=O) groups excluding carboxylic acids is 1. The highest BCUT2D eigenvalue weighted by atomic mass is 16.5. The van der Waals surface area contributed by atoms with Crippen molar-refractivity contribution in [3.8, 4) is 5.88 Å². The molecule has 0 unspecified atom stereocenters. The number of cyclic esters (lactones) is 1. The van der Waals surface area contributed by atoms with E-state index in [2.05, 4.69) is 15.3 Å². The Hall–Kier alpha value is -3.23. The minimum absolute atomic E-state index is 0.0892. The first kappa shape index (κ1) is 21.6. The molecule has 2 aliphatic rings. The van der Waals surface area contributed by atoms with Gasteiger partial charge in [0.05, 0.1) is 23.1 Å². The van der Waals surface area contributed by atoms with Crippen molar-refractivity contribution in [3.05, 3.63) is 53.3 Å². The van der Waals surface area contributed by atoms with E-state index in [0.29, 0.717) is 22.8 Å². The van der Waals surface area contributed by atoms with Gasteiger partial charge in [-0.25, -0.2) is 14.8 Å². The van der Waals surface area contributed by atoms with Crippen molar-refractivity contribution in [1.82, 2.24) is 9.97 Å². The van der Waals surface area contributed by atoms with Crippen molar-refractivity contribution in [2.45, 2.75) is 57.3 Å². The van der Waals surface area contributed by atoms with Crippen LogP contribution in [0, 0.1) is 0 Å². The molecule has 3 atom stereocenters. The number of fused-ring (bicyclic) bond motifs is 2. The van der Waals surface area contributed by atoms with Gasteiger partial charge in [-0.3, -0.25) is 0 Å². The second-order valence-corrected chi connectivity index (χ2v) is 9.31. The summed E-state index contributed by atoms with van der Waals surface area (Å²) in [7, 11) is 0. The highest BCUT2D eigenvalue weighted by molar-refractivity contribution is 5.94.